The molecule has 2 N–H and O–H groups in total. The summed E-state index contributed by atoms with van der Waals surface area (Å²) in [6.07, 6.45) is 3.76. The molecule has 0 unspecified atom stereocenters. The third-order valence-electron chi connectivity index (χ3n) is 3.07. The molecule has 0 atom stereocenters. The minimum Gasteiger partial charge on any atom is -0.394 e. The Morgan fingerprint density at radius 1 is 1.16 bits per heavy atom. The summed E-state index contributed by atoms with van der Waals surface area (Å²) < 4.78 is 1.86. The highest BCUT2D eigenvalue weighted by Crippen LogP contribution is 2.28. The zero-order valence-electron chi connectivity index (χ0n) is 10.2. The number of nitrogen functional groups attached to an aromatic ring is 1. The van der Waals surface area contributed by atoms with Crippen molar-refractivity contribution in [2.75, 3.05) is 5.73 Å². The number of fused-ring (bicyclic) bond motifs is 1. The number of nitrogens with two attached hydrogens (primary N) is 1. The van der Waals surface area contributed by atoms with Gasteiger partial charge in [0.25, 0.3) is 0 Å². The molecule has 0 aliphatic heterocycles. The van der Waals surface area contributed by atoms with Crippen LogP contribution in [0.5, 0.6) is 0 Å². The molecule has 0 radical (unpaired) electrons. The molecule has 3 aromatic rings. The molecular weight excluding hydrogens is 281 g/mol. The largest absolute Gasteiger partial charge is 0.394 e. The van der Waals surface area contributed by atoms with Gasteiger partial charge >= 0.3 is 0 Å². The minimum absolute atomic E-state index is 0.487. The Balaban J connectivity index is 2.20. The molecule has 96 valence electrons. The van der Waals surface area contributed by atoms with Crippen molar-refractivity contribution in [1.82, 2.24) is 9.38 Å². The fraction of sp³-hybridized carbons (Fsp3) is 0.0714. The topological polar surface area (TPSA) is 43.3 Å². The second kappa shape index (κ2) is 4.44. The van der Waals surface area contributed by atoms with Gasteiger partial charge in [0, 0.05) is 23.0 Å². The number of aryl methyl sites for hydroxylation is 1. The molecule has 0 aliphatic carbocycles. The second-order valence-electron chi connectivity index (χ2n) is 4.40. The first-order valence-electron chi connectivity index (χ1n) is 5.75. The molecule has 0 aliphatic rings. The first-order valence-corrected chi connectivity index (χ1v) is 6.51. The summed E-state index contributed by atoms with van der Waals surface area (Å²) in [6.45, 7) is 1.97. The summed E-state index contributed by atoms with van der Waals surface area (Å²) in [5, 5.41) is 1.26. The molecule has 0 amide bonds. The van der Waals surface area contributed by atoms with Crippen LogP contribution in [0.25, 0.3) is 16.9 Å². The first kappa shape index (κ1) is 12.3. The van der Waals surface area contributed by atoms with E-state index in [0.717, 1.165) is 21.8 Å². The van der Waals surface area contributed by atoms with Crippen LogP contribution in [0.2, 0.25) is 10.0 Å². The Bertz CT molecular complexity index is 778. The van der Waals surface area contributed by atoms with Crippen LogP contribution in [0.3, 0.4) is 0 Å². The summed E-state index contributed by atoms with van der Waals surface area (Å²) >= 11 is 12.0. The van der Waals surface area contributed by atoms with Gasteiger partial charge in [-0.15, -0.1) is 0 Å². The second-order valence-corrected chi connectivity index (χ2v) is 5.21. The van der Waals surface area contributed by atoms with Crippen molar-refractivity contribution >= 4 is 34.5 Å². The maximum absolute atomic E-state index is 6.03. The normalized spacial score (nSPS) is 11.1. The lowest BCUT2D eigenvalue weighted by atomic mass is 10.1. The van der Waals surface area contributed by atoms with Crippen molar-refractivity contribution in [1.29, 1.82) is 0 Å². The number of aromatic nitrogens is 2. The van der Waals surface area contributed by atoms with Crippen molar-refractivity contribution in [3.8, 4) is 11.3 Å². The van der Waals surface area contributed by atoms with Gasteiger partial charge in [-0.1, -0.05) is 29.3 Å². The van der Waals surface area contributed by atoms with E-state index in [1.165, 1.54) is 0 Å². The molecule has 5 heteroatoms. The van der Waals surface area contributed by atoms with Crippen molar-refractivity contribution in [2.24, 2.45) is 0 Å². The average Bonchev–Trinajstić information content (AvgIpc) is 2.82. The Kier molecular flexibility index (Phi) is 2.88. The van der Waals surface area contributed by atoms with Crippen molar-refractivity contribution in [3.63, 3.8) is 0 Å². The van der Waals surface area contributed by atoms with Gasteiger partial charge in [-0.25, -0.2) is 4.98 Å². The highest BCUT2D eigenvalue weighted by Gasteiger charge is 2.09. The van der Waals surface area contributed by atoms with Gasteiger partial charge in [0.15, 0.2) is 5.65 Å². The van der Waals surface area contributed by atoms with Gasteiger partial charge < -0.3 is 10.1 Å². The minimum atomic E-state index is 0.487. The van der Waals surface area contributed by atoms with Crippen LogP contribution in [0.15, 0.2) is 36.7 Å². The van der Waals surface area contributed by atoms with E-state index in [2.05, 4.69) is 4.98 Å². The van der Waals surface area contributed by atoms with E-state index in [-0.39, 0.29) is 0 Å². The number of anilines is 1. The zero-order valence-corrected chi connectivity index (χ0v) is 11.7. The smallest absolute Gasteiger partial charge is 0.162 e. The number of rotatable bonds is 1. The molecule has 0 spiro atoms. The Labute approximate surface area is 120 Å². The number of pyridine rings is 1. The van der Waals surface area contributed by atoms with Crippen LogP contribution in [-0.2, 0) is 0 Å². The zero-order chi connectivity index (χ0) is 13.6. The Morgan fingerprint density at radius 3 is 2.68 bits per heavy atom. The summed E-state index contributed by atoms with van der Waals surface area (Å²) in [4.78, 5) is 4.52. The van der Waals surface area contributed by atoms with Crippen molar-refractivity contribution in [2.45, 2.75) is 6.92 Å². The van der Waals surface area contributed by atoms with E-state index in [9.17, 15) is 0 Å². The van der Waals surface area contributed by atoms with Gasteiger partial charge in [0.1, 0.15) is 0 Å². The molecule has 0 saturated carbocycles. The Morgan fingerprint density at radius 2 is 1.95 bits per heavy atom. The van der Waals surface area contributed by atoms with Crippen LogP contribution < -0.4 is 5.73 Å². The molecule has 19 heavy (non-hydrogen) atoms. The summed E-state index contributed by atoms with van der Waals surface area (Å²) in [6, 6.07) is 7.56. The fourth-order valence-electron chi connectivity index (χ4n) is 1.99. The van der Waals surface area contributed by atoms with Gasteiger partial charge in [0.05, 0.1) is 16.4 Å². The van der Waals surface area contributed by atoms with Crippen LogP contribution in [0.4, 0.5) is 5.69 Å². The van der Waals surface area contributed by atoms with Gasteiger partial charge in [-0.05, 0) is 30.7 Å². The number of hydrogen-bond donors (Lipinski definition) is 1. The van der Waals surface area contributed by atoms with Crippen molar-refractivity contribution < 1.29 is 0 Å². The highest BCUT2D eigenvalue weighted by atomic mass is 35.5. The maximum atomic E-state index is 6.03. The van der Waals surface area contributed by atoms with Crippen LogP contribution in [0, 0.1) is 6.92 Å². The SMILES string of the molecule is Cc1cc(-c2cn3ccc(Cl)c(N)c3n2)ccc1Cl. The average molecular weight is 292 g/mol. The van der Waals surface area contributed by atoms with Gasteiger partial charge in [-0.3, -0.25) is 0 Å². The monoisotopic (exact) mass is 291 g/mol. The van der Waals surface area contributed by atoms with Crippen molar-refractivity contribution in [3.05, 3.63) is 52.3 Å². The summed E-state index contributed by atoms with van der Waals surface area (Å²) in [5.74, 6) is 0. The van der Waals surface area contributed by atoms with Gasteiger partial charge in [0.2, 0.25) is 0 Å². The molecule has 3 nitrogen and oxygen atoms in total. The molecule has 2 aromatic heterocycles. The Hall–Kier alpha value is -1.71. The summed E-state index contributed by atoms with van der Waals surface area (Å²) in [7, 11) is 0. The standard InChI is InChI=1S/C14H11Cl2N3/c1-8-6-9(2-3-10(8)15)12-7-19-5-4-11(16)13(17)14(19)18-12/h2-7H,17H2,1H3. The number of halogens is 2. The molecule has 1 aromatic carbocycles. The first-order chi connectivity index (χ1) is 9.06. The van der Waals surface area contributed by atoms with E-state index in [1.54, 1.807) is 6.07 Å². The van der Waals surface area contributed by atoms with E-state index >= 15 is 0 Å². The molecule has 0 fully saturated rings. The number of nitrogens with zero attached hydrogens (tertiary/aromatic N) is 2. The van der Waals surface area contributed by atoms with E-state index in [0.29, 0.717) is 16.4 Å². The lowest BCUT2D eigenvalue weighted by molar-refractivity contribution is 1.19. The van der Waals surface area contributed by atoms with Crippen LogP contribution in [0.1, 0.15) is 5.56 Å². The van der Waals surface area contributed by atoms with E-state index in [4.69, 9.17) is 28.9 Å². The summed E-state index contributed by atoms with van der Waals surface area (Å²) in [5.41, 5.74) is 9.93. The molecule has 0 bridgehead atoms. The molecular formula is C14H11Cl2N3. The maximum Gasteiger partial charge on any atom is 0.162 e. The predicted molar refractivity (Wildman–Crippen MR) is 79.8 cm³/mol. The number of benzene rings is 1. The highest BCUT2D eigenvalue weighted by molar-refractivity contribution is 6.33. The lowest BCUT2D eigenvalue weighted by Crippen LogP contribution is -1.92. The van der Waals surface area contributed by atoms with Crippen LogP contribution in [-0.4, -0.2) is 9.38 Å². The fourth-order valence-corrected chi connectivity index (χ4v) is 2.25. The molecule has 0 saturated heterocycles. The van der Waals surface area contributed by atoms with Gasteiger partial charge in [-0.2, -0.15) is 0 Å². The third kappa shape index (κ3) is 2.05. The molecule has 2 heterocycles. The third-order valence-corrected chi connectivity index (χ3v) is 3.82. The van der Waals surface area contributed by atoms with E-state index < -0.39 is 0 Å². The molecule has 3 rings (SSSR count). The predicted octanol–water partition coefficient (Wildman–Crippen LogP) is 4.20. The number of imidazole rings is 1. The van der Waals surface area contributed by atoms with E-state index in [1.807, 2.05) is 41.9 Å². The lowest BCUT2D eigenvalue weighted by Gasteiger charge is -2.00. The number of hydrogen-bond acceptors (Lipinski definition) is 2. The van der Waals surface area contributed by atoms with Crippen LogP contribution >= 0.6 is 23.2 Å². The quantitative estimate of drug-likeness (QED) is 0.730.